The van der Waals surface area contributed by atoms with Crippen molar-refractivity contribution < 1.29 is 18.5 Å². The molecule has 1 N–H and O–H groups in total. The maximum Gasteiger partial charge on any atom is 0.276 e. The third-order valence-electron chi connectivity index (χ3n) is 4.37. The summed E-state index contributed by atoms with van der Waals surface area (Å²) in [6.07, 6.45) is 1.53. The maximum atomic E-state index is 13.0. The highest BCUT2D eigenvalue weighted by Gasteiger charge is 2.30. The minimum absolute atomic E-state index is 0.0235. The van der Waals surface area contributed by atoms with Crippen molar-refractivity contribution in [3.8, 4) is 11.3 Å². The second-order valence-corrected chi connectivity index (χ2v) is 6.84. The van der Waals surface area contributed by atoms with E-state index in [1.54, 1.807) is 23.1 Å². The number of piperidine rings is 1. The van der Waals surface area contributed by atoms with Gasteiger partial charge in [0.05, 0.1) is 5.92 Å². The summed E-state index contributed by atoms with van der Waals surface area (Å²) >= 11 is 0. The summed E-state index contributed by atoms with van der Waals surface area (Å²) in [5.74, 6) is -0.435. The third kappa shape index (κ3) is 4.09. The molecule has 0 bridgehead atoms. The lowest BCUT2D eigenvalue weighted by Crippen LogP contribution is -2.46. The summed E-state index contributed by atoms with van der Waals surface area (Å²) < 4.78 is 18.3. The number of halogens is 1. The van der Waals surface area contributed by atoms with E-state index in [9.17, 15) is 14.0 Å². The summed E-state index contributed by atoms with van der Waals surface area (Å²) in [6.45, 7) is 4.78. The van der Waals surface area contributed by atoms with Crippen LogP contribution < -0.4 is 5.32 Å². The lowest BCUT2D eigenvalue weighted by Gasteiger charge is -2.31. The predicted molar refractivity (Wildman–Crippen MR) is 93.8 cm³/mol. The lowest BCUT2D eigenvalue weighted by molar-refractivity contribution is -0.126. The van der Waals surface area contributed by atoms with Gasteiger partial charge in [-0.3, -0.25) is 9.59 Å². The minimum Gasteiger partial charge on any atom is -0.355 e. The predicted octanol–water partition coefficient (Wildman–Crippen LogP) is 2.86. The molecule has 7 heteroatoms. The van der Waals surface area contributed by atoms with Gasteiger partial charge < -0.3 is 14.7 Å². The first-order valence-electron chi connectivity index (χ1n) is 8.76. The number of likely N-dealkylation sites (tertiary alicyclic amines) is 1. The summed E-state index contributed by atoms with van der Waals surface area (Å²) in [5, 5.41) is 6.75. The average molecular weight is 359 g/mol. The molecule has 1 aromatic carbocycles. The number of carbonyl (C=O) groups excluding carboxylic acids is 2. The van der Waals surface area contributed by atoms with E-state index in [1.165, 1.54) is 12.1 Å². The standard InChI is InChI=1S/C19H22FN3O3/c1-12(2)21-18(24)14-4-3-9-23(11-14)19(25)16-10-17(26-22-16)13-5-7-15(20)8-6-13/h5-8,10,12,14H,3-4,9,11H2,1-2H3,(H,21,24). The van der Waals surface area contributed by atoms with E-state index in [-0.39, 0.29) is 35.3 Å². The van der Waals surface area contributed by atoms with Crippen molar-refractivity contribution in [1.82, 2.24) is 15.4 Å². The van der Waals surface area contributed by atoms with Crippen LogP contribution in [-0.2, 0) is 4.79 Å². The van der Waals surface area contributed by atoms with Gasteiger partial charge >= 0.3 is 0 Å². The first kappa shape index (κ1) is 18.1. The quantitative estimate of drug-likeness (QED) is 0.911. The number of benzene rings is 1. The third-order valence-corrected chi connectivity index (χ3v) is 4.37. The highest BCUT2D eigenvalue weighted by molar-refractivity contribution is 5.93. The Labute approximate surface area is 151 Å². The Hall–Kier alpha value is -2.70. The topological polar surface area (TPSA) is 75.4 Å². The van der Waals surface area contributed by atoms with Crippen molar-refractivity contribution in [2.45, 2.75) is 32.7 Å². The van der Waals surface area contributed by atoms with E-state index < -0.39 is 0 Å². The molecule has 6 nitrogen and oxygen atoms in total. The zero-order valence-corrected chi connectivity index (χ0v) is 14.9. The highest BCUT2D eigenvalue weighted by atomic mass is 19.1. The zero-order valence-electron chi connectivity index (χ0n) is 14.9. The first-order valence-corrected chi connectivity index (χ1v) is 8.76. The van der Waals surface area contributed by atoms with Gasteiger partial charge in [-0.05, 0) is 51.0 Å². The lowest BCUT2D eigenvalue weighted by atomic mass is 9.96. The Morgan fingerprint density at radius 2 is 2.04 bits per heavy atom. The Kier molecular flexibility index (Phi) is 5.35. The average Bonchev–Trinajstić information content (AvgIpc) is 3.11. The van der Waals surface area contributed by atoms with Gasteiger partial charge in [-0.25, -0.2) is 4.39 Å². The number of hydrogen-bond donors (Lipinski definition) is 1. The maximum absolute atomic E-state index is 13.0. The molecular weight excluding hydrogens is 337 g/mol. The normalized spacial score (nSPS) is 17.4. The molecule has 1 aliphatic rings. The fraction of sp³-hybridized carbons (Fsp3) is 0.421. The molecular formula is C19H22FN3O3. The molecule has 1 unspecified atom stereocenters. The van der Waals surface area contributed by atoms with Gasteiger partial charge in [0.2, 0.25) is 5.91 Å². The molecule has 2 aromatic rings. The number of carbonyl (C=O) groups is 2. The van der Waals surface area contributed by atoms with Crippen LogP contribution in [0.15, 0.2) is 34.9 Å². The Balaban J connectivity index is 1.69. The van der Waals surface area contributed by atoms with Gasteiger partial charge in [-0.1, -0.05) is 5.16 Å². The molecule has 26 heavy (non-hydrogen) atoms. The number of hydrogen-bond acceptors (Lipinski definition) is 4. The largest absolute Gasteiger partial charge is 0.355 e. The monoisotopic (exact) mass is 359 g/mol. The fourth-order valence-electron chi connectivity index (χ4n) is 3.07. The van der Waals surface area contributed by atoms with E-state index in [4.69, 9.17) is 4.52 Å². The van der Waals surface area contributed by atoms with Gasteiger partial charge in [0.15, 0.2) is 11.5 Å². The molecule has 1 fully saturated rings. The molecule has 2 heterocycles. The number of aromatic nitrogens is 1. The zero-order chi connectivity index (χ0) is 18.7. The molecule has 0 spiro atoms. The number of amides is 2. The summed E-state index contributed by atoms with van der Waals surface area (Å²) in [7, 11) is 0. The van der Waals surface area contributed by atoms with Gasteiger partial charge in [-0.15, -0.1) is 0 Å². The summed E-state index contributed by atoms with van der Waals surface area (Å²) in [5.41, 5.74) is 0.833. The minimum atomic E-state index is -0.344. The summed E-state index contributed by atoms with van der Waals surface area (Å²) in [4.78, 5) is 26.6. The molecule has 1 aliphatic heterocycles. The van der Waals surface area contributed by atoms with Crippen LogP contribution in [0.4, 0.5) is 4.39 Å². The van der Waals surface area contributed by atoms with Gasteiger partial charge in [0.1, 0.15) is 5.82 Å². The van der Waals surface area contributed by atoms with Crippen molar-refractivity contribution in [2.24, 2.45) is 5.92 Å². The molecule has 1 aromatic heterocycles. The molecule has 3 rings (SSSR count). The van der Waals surface area contributed by atoms with Crippen molar-refractivity contribution in [3.63, 3.8) is 0 Å². The van der Waals surface area contributed by atoms with E-state index in [0.717, 1.165) is 12.8 Å². The summed E-state index contributed by atoms with van der Waals surface area (Å²) in [6, 6.07) is 7.40. The Morgan fingerprint density at radius 1 is 1.31 bits per heavy atom. The number of nitrogens with one attached hydrogen (secondary N) is 1. The SMILES string of the molecule is CC(C)NC(=O)C1CCCN(C(=O)c2cc(-c3ccc(F)cc3)on2)C1. The number of nitrogens with zero attached hydrogens (tertiary/aromatic N) is 2. The molecule has 2 amide bonds. The van der Waals surface area contributed by atoms with Crippen LogP contribution in [0.3, 0.4) is 0 Å². The van der Waals surface area contributed by atoms with Crippen LogP contribution in [0.1, 0.15) is 37.2 Å². The van der Waals surface area contributed by atoms with Crippen LogP contribution in [-0.4, -0.2) is 41.0 Å². The molecule has 0 radical (unpaired) electrons. The van der Waals surface area contributed by atoms with Crippen molar-refractivity contribution in [1.29, 1.82) is 0 Å². The van der Waals surface area contributed by atoms with Crippen molar-refractivity contribution in [3.05, 3.63) is 41.8 Å². The molecule has 1 atom stereocenters. The van der Waals surface area contributed by atoms with Crippen molar-refractivity contribution in [2.75, 3.05) is 13.1 Å². The van der Waals surface area contributed by atoms with Crippen LogP contribution in [0, 0.1) is 11.7 Å². The highest BCUT2D eigenvalue weighted by Crippen LogP contribution is 2.23. The second-order valence-electron chi connectivity index (χ2n) is 6.84. The van der Waals surface area contributed by atoms with E-state index in [2.05, 4.69) is 10.5 Å². The Bertz CT molecular complexity index is 786. The van der Waals surface area contributed by atoms with E-state index in [1.807, 2.05) is 13.8 Å². The van der Waals surface area contributed by atoms with Crippen LogP contribution in [0.5, 0.6) is 0 Å². The second kappa shape index (κ2) is 7.68. The van der Waals surface area contributed by atoms with E-state index >= 15 is 0 Å². The molecule has 0 saturated carbocycles. The Morgan fingerprint density at radius 3 is 2.73 bits per heavy atom. The van der Waals surface area contributed by atoms with Gasteiger partial charge in [0.25, 0.3) is 5.91 Å². The first-order chi connectivity index (χ1) is 12.4. The van der Waals surface area contributed by atoms with Crippen LogP contribution in [0.2, 0.25) is 0 Å². The van der Waals surface area contributed by atoms with Crippen molar-refractivity contribution >= 4 is 11.8 Å². The van der Waals surface area contributed by atoms with Gasteiger partial charge in [0, 0.05) is 30.8 Å². The fourth-order valence-corrected chi connectivity index (χ4v) is 3.07. The van der Waals surface area contributed by atoms with Gasteiger partial charge in [-0.2, -0.15) is 0 Å². The molecule has 1 saturated heterocycles. The van der Waals surface area contributed by atoms with Crippen LogP contribution >= 0.6 is 0 Å². The smallest absolute Gasteiger partial charge is 0.276 e. The number of rotatable bonds is 4. The molecule has 138 valence electrons. The van der Waals surface area contributed by atoms with E-state index in [0.29, 0.717) is 24.4 Å². The van der Waals surface area contributed by atoms with Crippen LogP contribution in [0.25, 0.3) is 11.3 Å². The molecule has 0 aliphatic carbocycles.